The fourth-order valence-corrected chi connectivity index (χ4v) is 3.09. The van der Waals surface area contributed by atoms with E-state index < -0.39 is 0 Å². The highest BCUT2D eigenvalue weighted by Crippen LogP contribution is 2.59. The van der Waals surface area contributed by atoms with E-state index in [4.69, 9.17) is 4.74 Å². The number of epoxide rings is 1. The molecule has 1 spiro atoms. The van der Waals surface area contributed by atoms with Gasteiger partial charge in [-0.25, -0.2) is 0 Å². The molecule has 3 aliphatic rings. The molecule has 1 heteroatoms. The minimum atomic E-state index is 0.457. The molecular weight excluding hydrogens is 124 g/mol. The van der Waals surface area contributed by atoms with Gasteiger partial charge in [-0.05, 0) is 31.6 Å². The van der Waals surface area contributed by atoms with Gasteiger partial charge in [0.25, 0.3) is 0 Å². The lowest BCUT2D eigenvalue weighted by molar-refractivity contribution is 0.141. The summed E-state index contributed by atoms with van der Waals surface area (Å²) >= 11 is 0. The minimum Gasteiger partial charge on any atom is -0.366 e. The summed E-state index contributed by atoms with van der Waals surface area (Å²) in [5.74, 6) is 0.964. The van der Waals surface area contributed by atoms with Crippen molar-refractivity contribution in [3.63, 3.8) is 0 Å². The summed E-state index contributed by atoms with van der Waals surface area (Å²) < 4.78 is 5.74. The third kappa shape index (κ3) is 0.493. The fraction of sp³-hybridized carbons (Fsp3) is 1.00. The summed E-state index contributed by atoms with van der Waals surface area (Å²) in [6.45, 7) is 0. The molecule has 56 valence electrons. The first kappa shape index (κ1) is 5.59. The SMILES string of the molecule is C1CCC23OC2CCC3C1. The van der Waals surface area contributed by atoms with Crippen molar-refractivity contribution in [3.05, 3.63) is 0 Å². The Kier molecular flexibility index (Phi) is 0.883. The van der Waals surface area contributed by atoms with Crippen molar-refractivity contribution in [1.29, 1.82) is 0 Å². The lowest BCUT2D eigenvalue weighted by Crippen LogP contribution is -2.25. The lowest BCUT2D eigenvalue weighted by Gasteiger charge is -2.25. The molecule has 0 amide bonds. The highest BCUT2D eigenvalue weighted by atomic mass is 16.6. The van der Waals surface area contributed by atoms with E-state index in [-0.39, 0.29) is 0 Å². The van der Waals surface area contributed by atoms with Crippen molar-refractivity contribution in [3.8, 4) is 0 Å². The first-order valence-corrected chi connectivity index (χ1v) is 4.60. The molecule has 2 saturated carbocycles. The maximum atomic E-state index is 5.74. The van der Waals surface area contributed by atoms with E-state index >= 15 is 0 Å². The summed E-state index contributed by atoms with van der Waals surface area (Å²) in [7, 11) is 0. The maximum Gasteiger partial charge on any atom is 0.0976 e. The monoisotopic (exact) mass is 138 g/mol. The van der Waals surface area contributed by atoms with Crippen LogP contribution in [0.5, 0.6) is 0 Å². The van der Waals surface area contributed by atoms with Crippen LogP contribution >= 0.6 is 0 Å². The van der Waals surface area contributed by atoms with Crippen LogP contribution in [0.2, 0.25) is 0 Å². The molecule has 3 atom stereocenters. The van der Waals surface area contributed by atoms with Crippen molar-refractivity contribution in [2.75, 3.05) is 0 Å². The van der Waals surface area contributed by atoms with Gasteiger partial charge in [-0.15, -0.1) is 0 Å². The largest absolute Gasteiger partial charge is 0.366 e. The molecule has 0 aromatic heterocycles. The van der Waals surface area contributed by atoms with Crippen LogP contribution in [0.4, 0.5) is 0 Å². The Morgan fingerprint density at radius 3 is 2.90 bits per heavy atom. The Morgan fingerprint density at radius 2 is 2.10 bits per heavy atom. The van der Waals surface area contributed by atoms with Crippen LogP contribution in [0.15, 0.2) is 0 Å². The number of hydrogen-bond acceptors (Lipinski definition) is 1. The first-order valence-electron chi connectivity index (χ1n) is 4.60. The predicted octanol–water partition coefficient (Wildman–Crippen LogP) is 2.11. The molecular formula is C9H14O. The molecule has 0 radical (unpaired) electrons. The van der Waals surface area contributed by atoms with E-state index in [0.29, 0.717) is 11.7 Å². The highest BCUT2D eigenvalue weighted by molar-refractivity contribution is 5.13. The van der Waals surface area contributed by atoms with Gasteiger partial charge in [-0.1, -0.05) is 12.8 Å². The zero-order chi connectivity index (χ0) is 6.60. The molecule has 3 unspecified atom stereocenters. The molecule has 0 N–H and O–H groups in total. The average Bonchev–Trinajstić information content (AvgIpc) is 2.55. The Labute approximate surface area is 61.8 Å². The standard InChI is InChI=1S/C9H14O/c1-2-6-9-7(3-1)4-5-8(9)10-9/h7-8H,1-6H2. The zero-order valence-electron chi connectivity index (χ0n) is 6.31. The Balaban J connectivity index is 1.89. The van der Waals surface area contributed by atoms with Crippen LogP contribution in [-0.4, -0.2) is 11.7 Å². The number of rotatable bonds is 0. The van der Waals surface area contributed by atoms with Crippen LogP contribution in [0, 0.1) is 5.92 Å². The van der Waals surface area contributed by atoms with Crippen LogP contribution in [0.25, 0.3) is 0 Å². The third-order valence-corrected chi connectivity index (χ3v) is 3.69. The molecule has 0 aromatic carbocycles. The van der Waals surface area contributed by atoms with Crippen LogP contribution in [-0.2, 0) is 4.74 Å². The molecule has 1 heterocycles. The molecule has 1 saturated heterocycles. The lowest BCUT2D eigenvalue weighted by atomic mass is 9.81. The fourth-order valence-electron chi connectivity index (χ4n) is 3.09. The van der Waals surface area contributed by atoms with Crippen molar-refractivity contribution in [2.45, 2.75) is 50.2 Å². The van der Waals surface area contributed by atoms with Gasteiger partial charge in [0.1, 0.15) is 0 Å². The van der Waals surface area contributed by atoms with E-state index in [0.717, 1.165) is 5.92 Å². The Morgan fingerprint density at radius 1 is 1.10 bits per heavy atom. The van der Waals surface area contributed by atoms with Crippen LogP contribution < -0.4 is 0 Å². The molecule has 3 fully saturated rings. The van der Waals surface area contributed by atoms with E-state index in [9.17, 15) is 0 Å². The molecule has 1 nitrogen and oxygen atoms in total. The average molecular weight is 138 g/mol. The minimum absolute atomic E-state index is 0.457. The maximum absolute atomic E-state index is 5.74. The second-order valence-electron chi connectivity index (χ2n) is 4.08. The zero-order valence-corrected chi connectivity index (χ0v) is 6.31. The number of hydrogen-bond donors (Lipinski definition) is 0. The molecule has 0 aromatic rings. The summed E-state index contributed by atoms with van der Waals surface area (Å²) in [5, 5.41) is 0. The topological polar surface area (TPSA) is 12.5 Å². The smallest absolute Gasteiger partial charge is 0.0976 e. The van der Waals surface area contributed by atoms with Gasteiger partial charge in [0, 0.05) is 0 Å². The summed E-state index contributed by atoms with van der Waals surface area (Å²) in [6.07, 6.45) is 9.25. The molecule has 10 heavy (non-hydrogen) atoms. The molecule has 0 bridgehead atoms. The Hall–Kier alpha value is -0.0400. The van der Waals surface area contributed by atoms with Crippen molar-refractivity contribution >= 4 is 0 Å². The van der Waals surface area contributed by atoms with Crippen molar-refractivity contribution in [2.24, 2.45) is 5.92 Å². The number of ether oxygens (including phenoxy) is 1. The van der Waals surface area contributed by atoms with Gasteiger partial charge >= 0.3 is 0 Å². The van der Waals surface area contributed by atoms with Gasteiger partial charge < -0.3 is 4.74 Å². The van der Waals surface area contributed by atoms with E-state index in [1.807, 2.05) is 0 Å². The van der Waals surface area contributed by atoms with Crippen LogP contribution in [0.3, 0.4) is 0 Å². The van der Waals surface area contributed by atoms with Crippen molar-refractivity contribution < 1.29 is 4.74 Å². The van der Waals surface area contributed by atoms with Gasteiger partial charge in [0.05, 0.1) is 11.7 Å². The van der Waals surface area contributed by atoms with Gasteiger partial charge in [-0.3, -0.25) is 0 Å². The normalized spacial score (nSPS) is 57.6. The van der Waals surface area contributed by atoms with E-state index in [1.165, 1.54) is 38.5 Å². The van der Waals surface area contributed by atoms with Crippen molar-refractivity contribution in [1.82, 2.24) is 0 Å². The first-order chi connectivity index (χ1) is 4.92. The highest BCUT2D eigenvalue weighted by Gasteiger charge is 2.64. The Bertz CT molecular complexity index is 166. The molecule has 1 aliphatic heterocycles. The van der Waals surface area contributed by atoms with Gasteiger partial charge in [0.2, 0.25) is 0 Å². The van der Waals surface area contributed by atoms with E-state index in [1.54, 1.807) is 0 Å². The summed E-state index contributed by atoms with van der Waals surface area (Å²) in [5.41, 5.74) is 0.457. The summed E-state index contributed by atoms with van der Waals surface area (Å²) in [4.78, 5) is 0. The second-order valence-corrected chi connectivity index (χ2v) is 4.08. The van der Waals surface area contributed by atoms with Crippen LogP contribution in [0.1, 0.15) is 38.5 Å². The second kappa shape index (κ2) is 1.58. The molecule has 2 aliphatic carbocycles. The predicted molar refractivity (Wildman–Crippen MR) is 38.8 cm³/mol. The summed E-state index contributed by atoms with van der Waals surface area (Å²) in [6, 6.07) is 0. The quantitative estimate of drug-likeness (QED) is 0.467. The third-order valence-electron chi connectivity index (χ3n) is 3.69. The van der Waals surface area contributed by atoms with Gasteiger partial charge in [0.15, 0.2) is 0 Å². The van der Waals surface area contributed by atoms with E-state index in [2.05, 4.69) is 0 Å². The van der Waals surface area contributed by atoms with Gasteiger partial charge in [-0.2, -0.15) is 0 Å². The molecule has 3 rings (SSSR count).